The summed E-state index contributed by atoms with van der Waals surface area (Å²) in [6, 6.07) is 0. The number of carbonyl (C=O) groups excluding carboxylic acids is 1. The maximum Gasteiger partial charge on any atom is 0.364 e. The quantitative estimate of drug-likeness (QED) is 0.645. The highest BCUT2D eigenvalue weighted by molar-refractivity contribution is 5.88. The highest BCUT2D eigenvalue weighted by atomic mass is 19.3. The normalized spacial score (nSPS) is 23.9. The summed E-state index contributed by atoms with van der Waals surface area (Å²) in [5.74, 6) is -7.32. The van der Waals surface area contributed by atoms with Crippen LogP contribution in [-0.4, -0.2) is 31.3 Å². The Kier molecular flexibility index (Phi) is 2.90. The van der Waals surface area contributed by atoms with Crippen molar-refractivity contribution in [2.75, 3.05) is 13.2 Å². The van der Waals surface area contributed by atoms with Crippen LogP contribution in [0.5, 0.6) is 0 Å². The molecule has 2 nitrogen and oxygen atoms in total. The van der Waals surface area contributed by atoms with Gasteiger partial charge < -0.3 is 4.74 Å². The van der Waals surface area contributed by atoms with Crippen LogP contribution >= 0.6 is 0 Å². The van der Waals surface area contributed by atoms with Crippen molar-refractivity contribution in [3.05, 3.63) is 0 Å². The third-order valence-corrected chi connectivity index (χ3v) is 1.90. The summed E-state index contributed by atoms with van der Waals surface area (Å²) in [6.45, 7) is -0.00311. The van der Waals surface area contributed by atoms with Gasteiger partial charge in [0, 0.05) is 12.5 Å². The second-order valence-electron chi connectivity index (χ2n) is 2.85. The first kappa shape index (κ1) is 10.4. The summed E-state index contributed by atoms with van der Waals surface area (Å²) in [6.07, 6.45) is -3.83. The number of hydrogen-bond acceptors (Lipinski definition) is 2. The van der Waals surface area contributed by atoms with Crippen molar-refractivity contribution in [1.29, 1.82) is 0 Å². The molecule has 6 heteroatoms. The van der Waals surface area contributed by atoms with Crippen LogP contribution in [0.3, 0.4) is 0 Å². The second kappa shape index (κ2) is 3.61. The molecular weight excluding hydrogens is 192 g/mol. The molecule has 1 heterocycles. The van der Waals surface area contributed by atoms with E-state index in [9.17, 15) is 22.4 Å². The van der Waals surface area contributed by atoms with Gasteiger partial charge in [-0.15, -0.1) is 0 Å². The van der Waals surface area contributed by atoms with Gasteiger partial charge >= 0.3 is 12.3 Å². The number of rotatable bonds is 3. The standard InChI is InChI=1S/C7H8F4O2/c8-6(9)7(10,11)5(12)4-1-2-13-3-4/h4,6H,1-3H2. The minimum absolute atomic E-state index is 0.0984. The molecule has 0 saturated carbocycles. The zero-order valence-corrected chi connectivity index (χ0v) is 6.60. The highest BCUT2D eigenvalue weighted by Crippen LogP contribution is 2.29. The van der Waals surface area contributed by atoms with E-state index in [2.05, 4.69) is 4.74 Å². The SMILES string of the molecule is O=C(C1CCOC1)C(F)(F)C(F)F. The van der Waals surface area contributed by atoms with Gasteiger partial charge in [-0.1, -0.05) is 0 Å². The van der Waals surface area contributed by atoms with E-state index in [-0.39, 0.29) is 19.6 Å². The second-order valence-corrected chi connectivity index (χ2v) is 2.85. The van der Waals surface area contributed by atoms with Gasteiger partial charge in [0.1, 0.15) is 0 Å². The van der Waals surface area contributed by atoms with Crippen LogP contribution in [0.1, 0.15) is 6.42 Å². The predicted molar refractivity (Wildman–Crippen MR) is 34.9 cm³/mol. The molecular formula is C7H8F4O2. The number of Topliss-reactive ketones (excluding diaryl/α,β-unsaturated/α-hetero) is 1. The summed E-state index contributed by atoms with van der Waals surface area (Å²) in [4.78, 5) is 10.8. The van der Waals surface area contributed by atoms with Crippen molar-refractivity contribution in [2.24, 2.45) is 5.92 Å². The zero-order valence-electron chi connectivity index (χ0n) is 6.60. The van der Waals surface area contributed by atoms with Gasteiger partial charge in [0.05, 0.1) is 6.61 Å². The van der Waals surface area contributed by atoms with E-state index in [0.29, 0.717) is 0 Å². The van der Waals surface area contributed by atoms with E-state index in [1.54, 1.807) is 0 Å². The molecule has 76 valence electrons. The Morgan fingerprint density at radius 3 is 2.46 bits per heavy atom. The topological polar surface area (TPSA) is 26.3 Å². The number of ketones is 1. The maximum absolute atomic E-state index is 12.4. The molecule has 0 N–H and O–H groups in total. The molecule has 0 radical (unpaired) electrons. The van der Waals surface area contributed by atoms with Gasteiger partial charge in [-0.2, -0.15) is 8.78 Å². The molecule has 1 aliphatic rings. The molecule has 13 heavy (non-hydrogen) atoms. The smallest absolute Gasteiger partial charge is 0.364 e. The van der Waals surface area contributed by atoms with Crippen LogP contribution in [0, 0.1) is 5.92 Å². The lowest BCUT2D eigenvalue weighted by Crippen LogP contribution is -2.41. The van der Waals surface area contributed by atoms with Gasteiger partial charge in [-0.05, 0) is 6.42 Å². The third kappa shape index (κ3) is 1.99. The Balaban J connectivity index is 2.64. The molecule has 1 aliphatic heterocycles. The van der Waals surface area contributed by atoms with Crippen molar-refractivity contribution in [3.8, 4) is 0 Å². The fourth-order valence-electron chi connectivity index (χ4n) is 1.12. The molecule has 0 spiro atoms. The summed E-state index contributed by atoms with van der Waals surface area (Å²) in [5.41, 5.74) is 0. The summed E-state index contributed by atoms with van der Waals surface area (Å²) in [7, 11) is 0. The Morgan fingerprint density at radius 2 is 2.08 bits per heavy atom. The monoisotopic (exact) mass is 200 g/mol. The van der Waals surface area contributed by atoms with Crippen LogP contribution in [0.25, 0.3) is 0 Å². The average Bonchev–Trinajstić information content (AvgIpc) is 2.54. The molecule has 1 fully saturated rings. The average molecular weight is 200 g/mol. The fourth-order valence-corrected chi connectivity index (χ4v) is 1.12. The van der Waals surface area contributed by atoms with Crippen molar-refractivity contribution in [1.82, 2.24) is 0 Å². The largest absolute Gasteiger partial charge is 0.381 e. The Morgan fingerprint density at radius 1 is 1.46 bits per heavy atom. The minimum atomic E-state index is -4.53. The summed E-state index contributed by atoms with van der Waals surface area (Å²) < 4.78 is 52.9. The molecule has 0 aromatic heterocycles. The van der Waals surface area contributed by atoms with Crippen molar-refractivity contribution in [2.45, 2.75) is 18.8 Å². The summed E-state index contributed by atoms with van der Waals surface area (Å²) in [5, 5.41) is 0. The van der Waals surface area contributed by atoms with Crippen LogP contribution in [-0.2, 0) is 9.53 Å². The van der Waals surface area contributed by atoms with Crippen LogP contribution in [0.15, 0.2) is 0 Å². The maximum atomic E-state index is 12.4. The minimum Gasteiger partial charge on any atom is -0.381 e. The molecule has 1 atom stereocenters. The van der Waals surface area contributed by atoms with E-state index in [1.807, 2.05) is 0 Å². The Bertz CT molecular complexity index is 199. The molecule has 0 amide bonds. The fraction of sp³-hybridized carbons (Fsp3) is 0.857. The lowest BCUT2D eigenvalue weighted by atomic mass is 9.99. The zero-order chi connectivity index (χ0) is 10.1. The van der Waals surface area contributed by atoms with Gasteiger partial charge in [0.25, 0.3) is 0 Å². The van der Waals surface area contributed by atoms with Gasteiger partial charge in [-0.3, -0.25) is 4.79 Å². The van der Waals surface area contributed by atoms with Gasteiger partial charge in [0.15, 0.2) is 0 Å². The predicted octanol–water partition coefficient (Wildman–Crippen LogP) is 1.49. The van der Waals surface area contributed by atoms with E-state index in [4.69, 9.17) is 0 Å². The molecule has 0 aromatic rings. The number of ether oxygens (including phenoxy) is 1. The van der Waals surface area contributed by atoms with E-state index in [0.717, 1.165) is 0 Å². The first-order valence-corrected chi connectivity index (χ1v) is 3.74. The molecule has 0 bridgehead atoms. The van der Waals surface area contributed by atoms with E-state index in [1.165, 1.54) is 0 Å². The number of halogens is 4. The van der Waals surface area contributed by atoms with Crippen molar-refractivity contribution >= 4 is 5.78 Å². The van der Waals surface area contributed by atoms with Crippen molar-refractivity contribution in [3.63, 3.8) is 0 Å². The number of carbonyl (C=O) groups is 1. The van der Waals surface area contributed by atoms with E-state index < -0.39 is 24.0 Å². The third-order valence-electron chi connectivity index (χ3n) is 1.90. The molecule has 0 aliphatic carbocycles. The first-order chi connectivity index (χ1) is 5.96. The molecule has 1 rings (SSSR count). The van der Waals surface area contributed by atoms with Crippen LogP contribution in [0.4, 0.5) is 17.6 Å². The summed E-state index contributed by atoms with van der Waals surface area (Å²) >= 11 is 0. The molecule has 1 unspecified atom stereocenters. The lowest BCUT2D eigenvalue weighted by Gasteiger charge is -2.16. The Labute approximate surface area is 71.9 Å². The van der Waals surface area contributed by atoms with Gasteiger partial charge in [0.2, 0.25) is 5.78 Å². The van der Waals surface area contributed by atoms with Gasteiger partial charge in [-0.25, -0.2) is 8.78 Å². The first-order valence-electron chi connectivity index (χ1n) is 3.74. The Hall–Kier alpha value is -0.650. The highest BCUT2D eigenvalue weighted by Gasteiger charge is 2.51. The van der Waals surface area contributed by atoms with Crippen LogP contribution < -0.4 is 0 Å². The lowest BCUT2D eigenvalue weighted by molar-refractivity contribution is -0.171. The molecule has 1 saturated heterocycles. The van der Waals surface area contributed by atoms with Crippen LogP contribution in [0.2, 0.25) is 0 Å². The van der Waals surface area contributed by atoms with Crippen molar-refractivity contribution < 1.29 is 27.1 Å². The molecule has 0 aromatic carbocycles. The number of alkyl halides is 4. The van der Waals surface area contributed by atoms with E-state index >= 15 is 0 Å². The number of hydrogen-bond donors (Lipinski definition) is 0.